The molecule has 1 aromatic carbocycles. The van der Waals surface area contributed by atoms with Crippen molar-refractivity contribution < 1.29 is 43.2 Å². The summed E-state index contributed by atoms with van der Waals surface area (Å²) in [4.78, 5) is 60.2. The third-order valence-corrected chi connectivity index (χ3v) is 10.1. The Hall–Kier alpha value is -4.22. The van der Waals surface area contributed by atoms with E-state index >= 15 is 0 Å². The molecular formula is C41H62N6O10. The maximum absolute atomic E-state index is 13.0. The highest BCUT2D eigenvalue weighted by Gasteiger charge is 2.47. The first kappa shape index (κ1) is 45.5. The molecule has 1 unspecified atom stereocenters. The van der Waals surface area contributed by atoms with Gasteiger partial charge in [-0.15, -0.1) is 0 Å². The van der Waals surface area contributed by atoms with Crippen molar-refractivity contribution >= 4 is 29.9 Å². The minimum atomic E-state index is -1.03. The van der Waals surface area contributed by atoms with E-state index in [-0.39, 0.29) is 35.8 Å². The molecule has 16 heteroatoms. The number of esters is 1. The first-order chi connectivity index (χ1) is 27.4. The number of amides is 2. The van der Waals surface area contributed by atoms with Crippen LogP contribution in [-0.2, 0) is 33.3 Å². The number of rotatable bonds is 22. The van der Waals surface area contributed by atoms with Crippen LogP contribution in [0.25, 0.3) is 0 Å². The quantitative estimate of drug-likeness (QED) is 0.0676. The number of benzene rings is 1. The van der Waals surface area contributed by atoms with Gasteiger partial charge in [0.15, 0.2) is 18.3 Å². The molecule has 16 nitrogen and oxygen atoms in total. The predicted octanol–water partition coefficient (Wildman–Crippen LogP) is 3.88. The van der Waals surface area contributed by atoms with Crippen LogP contribution < -0.4 is 16.3 Å². The summed E-state index contributed by atoms with van der Waals surface area (Å²) in [5.41, 5.74) is -0.140. The highest BCUT2D eigenvalue weighted by molar-refractivity contribution is 5.89. The monoisotopic (exact) mass is 798 g/mol. The number of aliphatic imine (C=N–C) groups is 1. The normalized spacial score (nSPS) is 26.0. The number of hydrogen-bond donors (Lipinski definition) is 3. The molecule has 2 aromatic rings. The minimum absolute atomic E-state index is 0.0308. The van der Waals surface area contributed by atoms with Crippen molar-refractivity contribution in [3.8, 4) is 0 Å². The van der Waals surface area contributed by atoms with Gasteiger partial charge in [0.2, 0.25) is 11.8 Å². The number of carbonyl (C=O) groups excluding carboxylic acids is 3. The molecule has 0 aliphatic carbocycles. The highest BCUT2D eigenvalue weighted by Crippen LogP contribution is 2.33. The minimum Gasteiger partial charge on any atom is -0.456 e. The molecule has 9 atom stereocenters. The smallest absolute Gasteiger partial charge is 0.351 e. The van der Waals surface area contributed by atoms with Crippen molar-refractivity contribution in [3.05, 3.63) is 58.6 Å². The fourth-order valence-corrected chi connectivity index (χ4v) is 7.05. The molecule has 0 spiro atoms. The Morgan fingerprint density at radius 1 is 0.947 bits per heavy atom. The van der Waals surface area contributed by atoms with Crippen LogP contribution in [-0.4, -0.2) is 120 Å². The molecule has 2 amide bonds. The van der Waals surface area contributed by atoms with Crippen molar-refractivity contribution in [3.63, 3.8) is 0 Å². The lowest BCUT2D eigenvalue weighted by Crippen LogP contribution is -2.62. The first-order valence-corrected chi connectivity index (χ1v) is 20.2. The van der Waals surface area contributed by atoms with Gasteiger partial charge in [-0.05, 0) is 56.7 Å². The molecule has 57 heavy (non-hydrogen) atoms. The van der Waals surface area contributed by atoms with Crippen LogP contribution in [0.2, 0.25) is 0 Å². The molecule has 0 saturated carbocycles. The fourth-order valence-electron chi connectivity index (χ4n) is 7.05. The van der Waals surface area contributed by atoms with Crippen molar-refractivity contribution in [2.45, 2.75) is 135 Å². The lowest BCUT2D eigenvalue weighted by molar-refractivity contribution is -0.249. The van der Waals surface area contributed by atoms with E-state index < -0.39 is 48.5 Å². The number of carbonyl (C=O) groups is 3. The van der Waals surface area contributed by atoms with Crippen LogP contribution in [0, 0.1) is 5.92 Å². The van der Waals surface area contributed by atoms with Crippen molar-refractivity contribution in [2.24, 2.45) is 10.9 Å². The Balaban J connectivity index is 1.10. The highest BCUT2D eigenvalue weighted by atomic mass is 16.7. The molecule has 1 aromatic heterocycles. The predicted molar refractivity (Wildman–Crippen MR) is 213 cm³/mol. The number of aliphatic hydroxyl groups is 1. The third-order valence-electron chi connectivity index (χ3n) is 10.1. The molecular weight excluding hydrogens is 736 g/mol. The molecule has 2 saturated heterocycles. The summed E-state index contributed by atoms with van der Waals surface area (Å²) >= 11 is 0. The van der Waals surface area contributed by atoms with Crippen molar-refractivity contribution in [1.29, 1.82) is 0 Å². The summed E-state index contributed by atoms with van der Waals surface area (Å²) in [5, 5.41) is 16.9. The number of ether oxygens (including phenoxy) is 5. The van der Waals surface area contributed by atoms with E-state index in [0.717, 1.165) is 25.7 Å². The molecule has 3 N–H and O–H groups in total. The summed E-state index contributed by atoms with van der Waals surface area (Å²) in [7, 11) is 3.63. The summed E-state index contributed by atoms with van der Waals surface area (Å²) in [6.45, 7) is 8.59. The number of aliphatic hydroxyl groups excluding tert-OH is 1. The Morgan fingerprint density at radius 3 is 2.33 bits per heavy atom. The standard InChI is InChI=1S/C41H62N6O10/c1-7-30-27(3)36(57-39(51)29-18-12-11-13-19-29)34(44-28(4)48)40(56-30)54-25-17-14-20-33(49)42-22-15-9-10-16-24-53-37-31(8-2)55-38(35(37)50)47-23-21-32(45-41(47)52)43-26-46(5)6/h11-13,18-19,21,23,26-27,30-31,34-38,40,50H,7-10,14-17,20,22,24-25H2,1-6H3,(H,42,49)(H,44,48)/t27-,30+,31+,34+,35-,36-,37?,38+,40+/m0/s1. The van der Waals surface area contributed by atoms with Gasteiger partial charge in [0.05, 0.1) is 24.1 Å². The van der Waals surface area contributed by atoms with Gasteiger partial charge >= 0.3 is 11.7 Å². The topological polar surface area (TPSA) is 192 Å². The van der Waals surface area contributed by atoms with E-state index in [1.165, 1.54) is 17.7 Å². The molecule has 0 radical (unpaired) electrons. The first-order valence-electron chi connectivity index (χ1n) is 20.2. The number of aromatic nitrogens is 2. The van der Waals surface area contributed by atoms with E-state index in [0.29, 0.717) is 57.4 Å². The summed E-state index contributed by atoms with van der Waals surface area (Å²) in [5.74, 6) is -0.708. The Labute approximate surface area is 335 Å². The average Bonchev–Trinajstić information content (AvgIpc) is 3.51. The largest absolute Gasteiger partial charge is 0.456 e. The lowest BCUT2D eigenvalue weighted by Gasteiger charge is -2.45. The summed E-state index contributed by atoms with van der Waals surface area (Å²) in [6.07, 6.45) is 4.74. The molecule has 316 valence electrons. The number of nitrogens with zero attached hydrogens (tertiary/aromatic N) is 4. The van der Waals surface area contributed by atoms with E-state index in [2.05, 4.69) is 20.6 Å². The molecule has 2 fully saturated rings. The van der Waals surface area contributed by atoms with Crippen LogP contribution in [0.5, 0.6) is 0 Å². The van der Waals surface area contributed by atoms with Crippen molar-refractivity contribution in [2.75, 3.05) is 33.9 Å². The maximum Gasteiger partial charge on any atom is 0.351 e. The molecule has 2 aliphatic rings. The van der Waals surface area contributed by atoms with Gasteiger partial charge in [-0.3, -0.25) is 14.2 Å². The Bertz CT molecular complexity index is 1640. The molecule has 0 bridgehead atoms. The van der Waals surface area contributed by atoms with Crippen LogP contribution >= 0.6 is 0 Å². The maximum atomic E-state index is 13.0. The fraction of sp³-hybridized carbons (Fsp3) is 0.659. The van der Waals surface area contributed by atoms with Crippen molar-refractivity contribution in [1.82, 2.24) is 25.1 Å². The number of hydrogen-bond acceptors (Lipinski definition) is 12. The zero-order valence-corrected chi connectivity index (χ0v) is 34.2. The second kappa shape index (κ2) is 23.3. The number of unbranched alkanes of at least 4 members (excludes halogenated alkanes) is 4. The zero-order valence-electron chi connectivity index (χ0n) is 34.2. The SMILES string of the molecule is CC[C@H]1O[C@@H](n2ccc(N=CN(C)C)nc2=O)[C@@H](O)C1OCCCCCCNC(=O)CCCCO[C@@H]1O[C@H](CC)[C@H](C)[C@H](OC(=O)c2ccccc2)[C@H]1NC(C)=O. The van der Waals surface area contributed by atoms with Gasteiger partial charge in [-0.1, -0.05) is 51.8 Å². The zero-order chi connectivity index (χ0) is 41.3. The van der Waals surface area contributed by atoms with Gasteiger partial charge < -0.3 is 44.3 Å². The van der Waals surface area contributed by atoms with Crippen LogP contribution in [0.3, 0.4) is 0 Å². The van der Waals surface area contributed by atoms with E-state index in [1.54, 1.807) is 41.6 Å². The summed E-state index contributed by atoms with van der Waals surface area (Å²) in [6, 6.07) is 9.63. The Morgan fingerprint density at radius 2 is 1.65 bits per heavy atom. The van der Waals surface area contributed by atoms with E-state index in [1.807, 2.05) is 40.9 Å². The van der Waals surface area contributed by atoms with Gasteiger partial charge in [-0.25, -0.2) is 14.6 Å². The van der Waals surface area contributed by atoms with Gasteiger partial charge in [0, 0.05) is 59.3 Å². The average molecular weight is 799 g/mol. The van der Waals surface area contributed by atoms with Crippen LogP contribution in [0.4, 0.5) is 5.82 Å². The third kappa shape index (κ3) is 13.7. The second-order valence-electron chi connectivity index (χ2n) is 14.8. The van der Waals surface area contributed by atoms with Gasteiger partial charge in [0.1, 0.15) is 24.4 Å². The van der Waals surface area contributed by atoms with Crippen LogP contribution in [0.1, 0.15) is 102 Å². The number of nitrogens with one attached hydrogen (secondary N) is 2. The molecule has 2 aliphatic heterocycles. The molecule has 4 rings (SSSR count). The van der Waals surface area contributed by atoms with Crippen LogP contribution in [0.15, 0.2) is 52.4 Å². The second-order valence-corrected chi connectivity index (χ2v) is 14.8. The van der Waals surface area contributed by atoms with E-state index in [4.69, 9.17) is 23.7 Å². The van der Waals surface area contributed by atoms with E-state index in [9.17, 15) is 24.3 Å². The van der Waals surface area contributed by atoms with Gasteiger partial charge in [0.25, 0.3) is 0 Å². The lowest BCUT2D eigenvalue weighted by atomic mass is 9.87. The molecule has 3 heterocycles. The van der Waals surface area contributed by atoms with Gasteiger partial charge in [-0.2, -0.15) is 4.98 Å². The summed E-state index contributed by atoms with van der Waals surface area (Å²) < 4.78 is 31.7. The Kier molecular flexibility index (Phi) is 18.6.